The van der Waals surface area contributed by atoms with Crippen LogP contribution in [-0.2, 0) is 65.1 Å². The van der Waals surface area contributed by atoms with Gasteiger partial charge < -0.3 is 17.0 Å². The molecule has 1 aromatic heterocycles. The van der Waals surface area contributed by atoms with Crippen molar-refractivity contribution >= 4 is 5.91 Å². The van der Waals surface area contributed by atoms with Crippen LogP contribution in [0.4, 0.5) is 0 Å². The Morgan fingerprint density at radius 1 is 1.32 bits per heavy atom. The Morgan fingerprint density at radius 2 is 1.79 bits per heavy atom. The second-order valence-corrected chi connectivity index (χ2v) is 2.85. The van der Waals surface area contributed by atoms with Gasteiger partial charge in [-0.1, -0.05) is 19.1 Å². The van der Waals surface area contributed by atoms with E-state index in [2.05, 4.69) is 22.6 Å². The Labute approximate surface area is 156 Å². The minimum Gasteiger partial charge on any atom is -0.656 e. The maximum atomic E-state index is 10.9. The van der Waals surface area contributed by atoms with Crippen molar-refractivity contribution < 1.29 is 58.6 Å². The summed E-state index contributed by atoms with van der Waals surface area (Å²) in [6.07, 6.45) is 0.389. The number of carbonyl (C=O) groups is 1. The van der Waals surface area contributed by atoms with Gasteiger partial charge in [0.15, 0.2) is 0 Å². The summed E-state index contributed by atoms with van der Waals surface area (Å²) >= 11 is 0. The molecule has 7 heteroatoms. The largest absolute Gasteiger partial charge is 0.656 e. The molecule has 1 radical (unpaired) electrons. The molecule has 0 aliphatic carbocycles. The minimum absolute atomic E-state index is 0. The molecule has 0 saturated carbocycles. The predicted molar refractivity (Wildman–Crippen MR) is 70.8 cm³/mol. The van der Waals surface area contributed by atoms with Crippen LogP contribution in [0, 0.1) is 20.8 Å². The summed E-state index contributed by atoms with van der Waals surface area (Å²) in [7, 11) is 1.50. The average molecular weight is 513 g/mol. The summed E-state index contributed by atoms with van der Waals surface area (Å²) in [5.74, 6) is -0.104. The fourth-order valence-corrected chi connectivity index (χ4v) is 0.973. The molecule has 0 aromatic carbocycles. The number of aromatic nitrogens is 3. The van der Waals surface area contributed by atoms with Gasteiger partial charge in [0.05, 0.1) is 17.3 Å². The van der Waals surface area contributed by atoms with E-state index in [0.29, 0.717) is 13.0 Å². The predicted octanol–water partition coefficient (Wildman–Crippen LogP) is 2.68. The fourth-order valence-electron chi connectivity index (χ4n) is 0.973. The molecule has 0 aliphatic rings. The molecule has 0 saturated heterocycles. The third-order valence-electron chi connectivity index (χ3n) is 2.00. The molecule has 1 rings (SSSR count). The summed E-state index contributed by atoms with van der Waals surface area (Å²) in [4.78, 5) is 10.9. The molecule has 0 fully saturated rings. The van der Waals surface area contributed by atoms with Gasteiger partial charge in [-0.15, -0.1) is 12.1 Å². The standard InChI is InChI=1S/C8H14N4O.C2H6.C2H5.W.Y/c1-6-7(2)12(11-10-6)5-4-8(13)9-3;2*1-2;;/h4-5H2,1-3H3,(H,9,13);1-2H3;1H2,2H3;;/q;;-1;;/p-1. The molecule has 1 aromatic rings. The monoisotopic (exact) mass is 513 g/mol. The van der Waals surface area contributed by atoms with Crippen LogP contribution >= 0.6 is 0 Å². The van der Waals surface area contributed by atoms with E-state index in [0.717, 1.165) is 11.4 Å². The van der Waals surface area contributed by atoms with Crippen molar-refractivity contribution in [1.82, 2.24) is 15.0 Å². The van der Waals surface area contributed by atoms with Crippen LogP contribution in [0.3, 0.4) is 0 Å². The van der Waals surface area contributed by atoms with E-state index in [1.54, 1.807) is 11.6 Å². The van der Waals surface area contributed by atoms with E-state index >= 15 is 0 Å². The maximum absolute atomic E-state index is 10.9. The van der Waals surface area contributed by atoms with Crippen molar-refractivity contribution in [3.63, 3.8) is 0 Å². The van der Waals surface area contributed by atoms with E-state index in [9.17, 15) is 4.79 Å². The zero-order valence-electron chi connectivity index (χ0n) is 12.8. The quantitative estimate of drug-likeness (QED) is 0.585. The second kappa shape index (κ2) is 18.4. The Bertz CT molecular complexity index is 319. The van der Waals surface area contributed by atoms with Gasteiger partial charge in [0.2, 0.25) is 0 Å². The smallest absolute Gasteiger partial charge is 0.0825 e. The molecule has 0 atom stereocenters. The molecule has 1 amide bonds. The molecule has 109 valence electrons. The molecule has 0 aliphatic heterocycles. The van der Waals surface area contributed by atoms with Crippen LogP contribution in [0.2, 0.25) is 0 Å². The van der Waals surface area contributed by atoms with Gasteiger partial charge >= 0.3 is 0 Å². The Balaban J connectivity index is -0.000000171. The molecule has 1 heterocycles. The van der Waals surface area contributed by atoms with Gasteiger partial charge in [0, 0.05) is 66.7 Å². The first-order chi connectivity index (χ1) is 8.15. The van der Waals surface area contributed by atoms with Crippen LogP contribution < -0.4 is 0 Å². The van der Waals surface area contributed by atoms with Crippen molar-refractivity contribution in [1.29, 1.82) is 0 Å². The van der Waals surface area contributed by atoms with Crippen LogP contribution in [0.5, 0.6) is 0 Å². The van der Waals surface area contributed by atoms with Gasteiger partial charge in [-0.25, -0.2) is 4.68 Å². The van der Waals surface area contributed by atoms with Crippen LogP contribution in [0.1, 0.15) is 38.6 Å². The molecule has 0 bridgehead atoms. The molecule has 0 unspecified atom stereocenters. The van der Waals surface area contributed by atoms with E-state index in [1.165, 1.54) is 7.05 Å². The topological polar surface area (TPSA) is 61.9 Å². The zero-order chi connectivity index (χ0) is 13.8. The first-order valence-corrected chi connectivity index (χ1v) is 5.85. The molecule has 0 spiro atoms. The summed E-state index contributed by atoms with van der Waals surface area (Å²) in [5, 5.41) is 11.3. The van der Waals surface area contributed by atoms with E-state index in [4.69, 9.17) is 0 Å². The van der Waals surface area contributed by atoms with Crippen LogP contribution in [0.15, 0.2) is 0 Å². The average Bonchev–Trinajstić information content (AvgIpc) is 2.72. The summed E-state index contributed by atoms with van der Waals surface area (Å²) in [6, 6.07) is 0. The van der Waals surface area contributed by atoms with E-state index in [-0.39, 0.29) is 59.7 Å². The summed E-state index contributed by atoms with van der Waals surface area (Å²) in [5.41, 5.74) is 1.91. The molecule has 0 N–H and O–H groups in total. The number of amides is 1. The number of hydrogen-bond acceptors (Lipinski definition) is 3. The Morgan fingerprint density at radius 3 is 2.11 bits per heavy atom. The number of rotatable bonds is 3. The summed E-state index contributed by atoms with van der Waals surface area (Å²) in [6.45, 7) is 13.4. The van der Waals surface area contributed by atoms with E-state index < -0.39 is 0 Å². The Hall–Kier alpha value is 0.402. The number of nitrogens with zero attached hydrogens (tertiary/aromatic N) is 4. The fraction of sp³-hybridized carbons (Fsp3) is 0.667. The molecule has 5 nitrogen and oxygen atoms in total. The van der Waals surface area contributed by atoms with Gasteiger partial charge in [-0.3, -0.25) is 0 Å². The molecular formula is C12H24N4OWY-2. The molecule has 19 heavy (non-hydrogen) atoms. The number of carbonyl (C=O) groups excluding carboxylic acids is 1. The normalized spacial score (nSPS) is 7.53. The van der Waals surface area contributed by atoms with Crippen LogP contribution in [0.25, 0.3) is 5.32 Å². The maximum Gasteiger partial charge on any atom is 0.0825 e. The van der Waals surface area contributed by atoms with Crippen molar-refractivity contribution in [3.8, 4) is 0 Å². The van der Waals surface area contributed by atoms with Gasteiger partial charge in [0.1, 0.15) is 0 Å². The minimum atomic E-state index is -0.104. The first kappa shape index (κ1) is 27.7. The van der Waals surface area contributed by atoms with Crippen molar-refractivity contribution in [2.24, 2.45) is 0 Å². The first-order valence-electron chi connectivity index (χ1n) is 5.85. The van der Waals surface area contributed by atoms with Crippen molar-refractivity contribution in [2.45, 2.75) is 47.6 Å². The molecular weight excluding hydrogens is 489 g/mol. The van der Waals surface area contributed by atoms with Gasteiger partial charge in [-0.05, 0) is 13.8 Å². The summed E-state index contributed by atoms with van der Waals surface area (Å²) < 4.78 is 1.72. The van der Waals surface area contributed by atoms with Crippen molar-refractivity contribution in [3.05, 3.63) is 23.6 Å². The van der Waals surface area contributed by atoms with Crippen molar-refractivity contribution in [2.75, 3.05) is 7.05 Å². The van der Waals surface area contributed by atoms with Crippen LogP contribution in [-0.4, -0.2) is 27.9 Å². The van der Waals surface area contributed by atoms with Gasteiger partial charge in [-0.2, -0.15) is 6.92 Å². The zero-order valence-corrected chi connectivity index (χ0v) is 18.6. The number of aryl methyl sites for hydroxylation is 2. The third-order valence-corrected chi connectivity index (χ3v) is 2.00. The SMILES string of the molecule is CC.C[N-]C(=O)CCn1nnc(C)c1C.[CH2-]C.[W].[Y]. The Kier molecular flexibility index (Phi) is 26.8. The number of hydrogen-bond donors (Lipinski definition) is 0. The van der Waals surface area contributed by atoms with Gasteiger partial charge in [0.25, 0.3) is 0 Å². The third kappa shape index (κ3) is 11.9. The van der Waals surface area contributed by atoms with E-state index in [1.807, 2.05) is 27.7 Å². The second-order valence-electron chi connectivity index (χ2n) is 2.85.